The topological polar surface area (TPSA) is 78.0 Å². The summed E-state index contributed by atoms with van der Waals surface area (Å²) in [4.78, 5) is 60.4. The van der Waals surface area contributed by atoms with Crippen LogP contribution >= 0.6 is 0 Å². The number of nitrogens with zero attached hydrogens (tertiary/aromatic N) is 3. The number of rotatable bonds is 3. The number of imide groups is 2. The van der Waals surface area contributed by atoms with Gasteiger partial charge in [0, 0.05) is 57.2 Å². The molecule has 0 N–H and O–H groups in total. The minimum atomic E-state index is -0.398. The smallest absolute Gasteiger partial charge is 0.265 e. The van der Waals surface area contributed by atoms with E-state index in [1.807, 2.05) is 48.5 Å². The first-order valence-electron chi connectivity index (χ1n) is 15.1. The predicted octanol–water partition coefficient (Wildman–Crippen LogP) is 7.20. The van der Waals surface area contributed by atoms with Crippen LogP contribution in [0.5, 0.6) is 0 Å². The third-order valence-corrected chi connectivity index (χ3v) is 9.35. The summed E-state index contributed by atoms with van der Waals surface area (Å²) in [5.74, 6) is -1.57. The maximum absolute atomic E-state index is 14.1. The molecule has 0 bridgehead atoms. The average molecular weight is 580 g/mol. The van der Waals surface area contributed by atoms with Crippen molar-refractivity contribution in [1.29, 1.82) is 0 Å². The first-order chi connectivity index (χ1) is 21.3. The lowest BCUT2D eigenvalue weighted by molar-refractivity contribution is 0.0876. The lowest BCUT2D eigenvalue weighted by Crippen LogP contribution is -2.42. The van der Waals surface area contributed by atoms with Crippen LogP contribution in [-0.4, -0.2) is 36.7 Å². The van der Waals surface area contributed by atoms with Gasteiger partial charge in [-0.15, -0.1) is 0 Å². The highest BCUT2D eigenvalue weighted by molar-refractivity contribution is 6.38. The van der Waals surface area contributed by atoms with Crippen LogP contribution in [0.3, 0.4) is 0 Å². The van der Waals surface area contributed by atoms with E-state index in [1.54, 1.807) is 44.2 Å². The quantitative estimate of drug-likeness (QED) is 0.211. The van der Waals surface area contributed by atoms with Crippen molar-refractivity contribution in [2.24, 2.45) is 0 Å². The van der Waals surface area contributed by atoms with Crippen LogP contribution in [0.15, 0.2) is 78.9 Å². The molecule has 7 nitrogen and oxygen atoms in total. The highest BCUT2D eigenvalue weighted by Gasteiger charge is 2.38. The summed E-state index contributed by atoms with van der Waals surface area (Å²) < 4.78 is 0. The summed E-state index contributed by atoms with van der Waals surface area (Å²) in [6, 6.07) is 23.9. The predicted molar refractivity (Wildman–Crippen MR) is 172 cm³/mol. The maximum Gasteiger partial charge on any atom is 0.265 e. The SMILES string of the molecule is Cc1cc(N2C(=O)c3cccc4c(N5CCCCC5)ccc(c34)C2=O)c(C)cc1N1C(=O)c2cccc3cccc(c23)C1=O. The fourth-order valence-electron chi connectivity index (χ4n) is 7.23. The van der Waals surface area contributed by atoms with Crippen LogP contribution in [0.25, 0.3) is 21.5 Å². The van der Waals surface area contributed by atoms with Gasteiger partial charge in [0.15, 0.2) is 0 Å². The van der Waals surface area contributed by atoms with Crippen molar-refractivity contribution < 1.29 is 19.2 Å². The molecule has 7 heteroatoms. The minimum Gasteiger partial charge on any atom is -0.371 e. The number of hydrogen-bond donors (Lipinski definition) is 0. The van der Waals surface area contributed by atoms with Gasteiger partial charge in [0.25, 0.3) is 23.6 Å². The summed E-state index contributed by atoms with van der Waals surface area (Å²) in [5, 5.41) is 3.12. The Bertz CT molecular complexity index is 2050. The normalized spacial score (nSPS) is 16.5. The highest BCUT2D eigenvalue weighted by atomic mass is 16.2. The molecule has 8 rings (SSSR count). The largest absolute Gasteiger partial charge is 0.371 e. The number of benzene rings is 5. The van der Waals surface area contributed by atoms with Crippen molar-refractivity contribution in [3.63, 3.8) is 0 Å². The Balaban J connectivity index is 1.21. The zero-order valence-electron chi connectivity index (χ0n) is 24.5. The Kier molecular flexibility index (Phi) is 5.75. The molecular formula is C37H29N3O4. The van der Waals surface area contributed by atoms with Crippen molar-refractivity contribution in [2.75, 3.05) is 27.8 Å². The highest BCUT2D eigenvalue weighted by Crippen LogP contribution is 2.41. The van der Waals surface area contributed by atoms with Crippen LogP contribution in [0.2, 0.25) is 0 Å². The van der Waals surface area contributed by atoms with E-state index < -0.39 is 11.8 Å². The van der Waals surface area contributed by atoms with E-state index in [0.717, 1.165) is 42.4 Å². The standard InChI is InChI=1S/C37H29N3O4/c1-21-20-31(22(2)19-30(21)39-34(41)25-12-6-9-23-10-7-13-26(32(23)25)35(39)42)40-36(43)27-14-8-11-24-29(38-17-4-3-5-18-38)16-15-28(33(24)27)37(40)44/h6-16,19-20H,3-5,17-18H2,1-2H3. The van der Waals surface area contributed by atoms with E-state index >= 15 is 0 Å². The molecule has 3 aliphatic rings. The molecule has 1 saturated heterocycles. The minimum absolute atomic E-state index is 0.384. The number of piperidine rings is 1. The molecule has 5 aromatic rings. The number of aryl methyl sites for hydroxylation is 2. The number of anilines is 3. The third-order valence-electron chi connectivity index (χ3n) is 9.35. The van der Waals surface area contributed by atoms with Crippen LogP contribution in [0.4, 0.5) is 17.1 Å². The second-order valence-corrected chi connectivity index (χ2v) is 11.9. The molecular weight excluding hydrogens is 550 g/mol. The molecule has 0 radical (unpaired) electrons. The van der Waals surface area contributed by atoms with E-state index in [-0.39, 0.29) is 11.8 Å². The molecule has 3 aliphatic heterocycles. The van der Waals surface area contributed by atoms with Crippen LogP contribution in [0.1, 0.15) is 71.8 Å². The summed E-state index contributed by atoms with van der Waals surface area (Å²) >= 11 is 0. The summed E-state index contributed by atoms with van der Waals surface area (Å²) in [7, 11) is 0. The lowest BCUT2D eigenvalue weighted by Gasteiger charge is -2.33. The summed E-state index contributed by atoms with van der Waals surface area (Å²) in [6.45, 7) is 5.50. The Labute approximate surface area is 254 Å². The molecule has 5 aromatic carbocycles. The molecule has 44 heavy (non-hydrogen) atoms. The Morgan fingerprint density at radius 1 is 0.500 bits per heavy atom. The number of carbonyl (C=O) groups is 4. The monoisotopic (exact) mass is 579 g/mol. The molecule has 4 amide bonds. The number of amides is 4. The van der Waals surface area contributed by atoms with Crippen LogP contribution in [0, 0.1) is 13.8 Å². The summed E-state index contributed by atoms with van der Waals surface area (Å²) in [5.41, 5.74) is 5.04. The van der Waals surface area contributed by atoms with Crippen molar-refractivity contribution in [1.82, 2.24) is 0 Å². The Morgan fingerprint density at radius 3 is 1.52 bits per heavy atom. The fourth-order valence-corrected chi connectivity index (χ4v) is 7.23. The Hall–Kier alpha value is -5.30. The van der Waals surface area contributed by atoms with E-state index in [9.17, 15) is 19.2 Å². The molecule has 3 heterocycles. The van der Waals surface area contributed by atoms with Gasteiger partial charge in [-0.25, -0.2) is 9.80 Å². The van der Waals surface area contributed by atoms with Gasteiger partial charge in [0.1, 0.15) is 0 Å². The Morgan fingerprint density at radius 2 is 0.977 bits per heavy atom. The number of hydrogen-bond acceptors (Lipinski definition) is 5. The first-order valence-corrected chi connectivity index (χ1v) is 15.1. The molecule has 0 spiro atoms. The molecule has 216 valence electrons. The molecule has 0 aliphatic carbocycles. The van der Waals surface area contributed by atoms with Gasteiger partial charge in [0.2, 0.25) is 0 Å². The number of carbonyl (C=O) groups excluding carboxylic acids is 4. The van der Waals surface area contributed by atoms with E-state index in [0.29, 0.717) is 55.5 Å². The van der Waals surface area contributed by atoms with Gasteiger partial charge >= 0.3 is 0 Å². The van der Waals surface area contributed by atoms with Crippen LogP contribution < -0.4 is 14.7 Å². The van der Waals surface area contributed by atoms with Gasteiger partial charge in [0.05, 0.1) is 11.4 Å². The molecule has 0 aromatic heterocycles. The fraction of sp³-hybridized carbons (Fsp3) is 0.189. The molecule has 1 fully saturated rings. The van der Waals surface area contributed by atoms with Gasteiger partial charge < -0.3 is 4.90 Å². The average Bonchev–Trinajstić information content (AvgIpc) is 3.04. The van der Waals surface area contributed by atoms with Gasteiger partial charge in [-0.2, -0.15) is 0 Å². The van der Waals surface area contributed by atoms with Gasteiger partial charge in [-0.1, -0.05) is 36.4 Å². The second kappa shape index (κ2) is 9.61. The lowest BCUT2D eigenvalue weighted by atomic mass is 9.91. The first kappa shape index (κ1) is 26.3. The van der Waals surface area contributed by atoms with Crippen molar-refractivity contribution in [3.05, 3.63) is 112 Å². The van der Waals surface area contributed by atoms with Crippen molar-refractivity contribution in [2.45, 2.75) is 33.1 Å². The zero-order valence-corrected chi connectivity index (χ0v) is 24.5. The van der Waals surface area contributed by atoms with E-state index in [4.69, 9.17) is 0 Å². The molecule has 0 saturated carbocycles. The molecule has 0 atom stereocenters. The van der Waals surface area contributed by atoms with Crippen molar-refractivity contribution in [3.8, 4) is 0 Å². The second-order valence-electron chi connectivity index (χ2n) is 11.9. The third kappa shape index (κ3) is 3.62. The maximum atomic E-state index is 14.1. The van der Waals surface area contributed by atoms with Crippen LogP contribution in [-0.2, 0) is 0 Å². The zero-order chi connectivity index (χ0) is 30.3. The summed E-state index contributed by atoms with van der Waals surface area (Å²) in [6.07, 6.45) is 3.46. The molecule has 0 unspecified atom stereocenters. The van der Waals surface area contributed by atoms with Gasteiger partial charge in [-0.05, 0) is 92.1 Å². The van der Waals surface area contributed by atoms with Crippen molar-refractivity contribution >= 4 is 62.2 Å². The van der Waals surface area contributed by atoms with E-state index in [2.05, 4.69) is 4.90 Å². The van der Waals surface area contributed by atoms with E-state index in [1.165, 1.54) is 16.2 Å². The van der Waals surface area contributed by atoms with Gasteiger partial charge in [-0.3, -0.25) is 19.2 Å².